The number of rotatable bonds is 3. The molecule has 0 saturated carbocycles. The van der Waals surface area contributed by atoms with Gasteiger partial charge in [-0.3, -0.25) is 0 Å². The number of hydrogen-bond acceptors (Lipinski definition) is 4. The first-order valence-corrected chi connectivity index (χ1v) is 11.0. The maximum absolute atomic E-state index is 12.6. The number of benzene rings is 1. The number of anilines is 2. The highest BCUT2D eigenvalue weighted by Gasteiger charge is 2.44. The lowest BCUT2D eigenvalue weighted by Crippen LogP contribution is -2.51. The Bertz CT molecular complexity index is 679. The van der Waals surface area contributed by atoms with Gasteiger partial charge in [0.05, 0.1) is 0 Å². The Morgan fingerprint density at radius 2 is 1.75 bits per heavy atom. The van der Waals surface area contributed by atoms with Gasteiger partial charge in [0.1, 0.15) is 5.60 Å². The number of piperidine rings is 2. The molecular formula is C23H35N3O2. The number of hydrogen-bond donors (Lipinski definition) is 1. The summed E-state index contributed by atoms with van der Waals surface area (Å²) in [6.07, 6.45) is 8.01. The Morgan fingerprint density at radius 1 is 1.07 bits per heavy atom. The van der Waals surface area contributed by atoms with Gasteiger partial charge >= 0.3 is 6.09 Å². The molecule has 2 bridgehead atoms. The van der Waals surface area contributed by atoms with E-state index < -0.39 is 5.60 Å². The molecule has 0 spiro atoms. The number of nitrogens with one attached hydrogen (secondary N) is 1. The van der Waals surface area contributed by atoms with E-state index in [0.29, 0.717) is 18.1 Å². The smallest absolute Gasteiger partial charge is 0.410 e. The molecule has 3 aliphatic heterocycles. The molecule has 0 unspecified atom stereocenters. The van der Waals surface area contributed by atoms with Crippen molar-refractivity contribution in [2.24, 2.45) is 0 Å². The molecule has 0 aliphatic carbocycles. The molecule has 1 aromatic rings. The van der Waals surface area contributed by atoms with Crippen molar-refractivity contribution in [1.82, 2.24) is 4.90 Å². The number of amides is 1. The Kier molecular flexibility index (Phi) is 5.44. The molecule has 1 aromatic carbocycles. The van der Waals surface area contributed by atoms with Crippen LogP contribution in [0.4, 0.5) is 16.2 Å². The number of carbonyl (C=O) groups is 1. The molecule has 5 nitrogen and oxygen atoms in total. The fourth-order valence-electron chi connectivity index (χ4n) is 5.09. The molecule has 1 N–H and O–H groups in total. The van der Waals surface area contributed by atoms with Crippen molar-refractivity contribution in [1.29, 1.82) is 0 Å². The van der Waals surface area contributed by atoms with E-state index in [2.05, 4.69) is 34.5 Å². The van der Waals surface area contributed by atoms with Crippen LogP contribution in [0, 0.1) is 0 Å². The van der Waals surface area contributed by atoms with Gasteiger partial charge in [0.2, 0.25) is 0 Å². The average Bonchev–Trinajstić information content (AvgIpc) is 2.93. The minimum atomic E-state index is -0.430. The molecule has 0 radical (unpaired) electrons. The van der Waals surface area contributed by atoms with Gasteiger partial charge in [-0.25, -0.2) is 4.79 Å². The van der Waals surface area contributed by atoms with Crippen molar-refractivity contribution in [2.75, 3.05) is 23.3 Å². The number of nitrogens with zero attached hydrogens (tertiary/aromatic N) is 2. The average molecular weight is 386 g/mol. The van der Waals surface area contributed by atoms with Crippen LogP contribution in [-0.4, -0.2) is 47.8 Å². The molecule has 3 saturated heterocycles. The van der Waals surface area contributed by atoms with Crippen LogP contribution >= 0.6 is 0 Å². The Balaban J connectivity index is 1.38. The lowest BCUT2D eigenvalue weighted by molar-refractivity contribution is 0.00684. The van der Waals surface area contributed by atoms with Crippen LogP contribution in [0.5, 0.6) is 0 Å². The lowest BCUT2D eigenvalue weighted by atomic mass is 9.97. The monoisotopic (exact) mass is 385 g/mol. The molecule has 28 heavy (non-hydrogen) atoms. The zero-order valence-electron chi connectivity index (χ0n) is 17.6. The van der Waals surface area contributed by atoms with Gasteiger partial charge < -0.3 is 19.9 Å². The summed E-state index contributed by atoms with van der Waals surface area (Å²) >= 11 is 0. The van der Waals surface area contributed by atoms with E-state index in [-0.39, 0.29) is 6.09 Å². The summed E-state index contributed by atoms with van der Waals surface area (Å²) in [5, 5.41) is 3.76. The second-order valence-corrected chi connectivity index (χ2v) is 9.68. The predicted molar refractivity (Wildman–Crippen MR) is 114 cm³/mol. The van der Waals surface area contributed by atoms with Crippen molar-refractivity contribution < 1.29 is 9.53 Å². The van der Waals surface area contributed by atoms with Crippen LogP contribution in [0.3, 0.4) is 0 Å². The SMILES string of the molecule is CC(C)(C)OC(=O)N1[C@H]2CC[C@H]1CC(Nc1cccc(N3CCCCC3)c1)C2. The molecule has 154 valence electrons. The van der Waals surface area contributed by atoms with Gasteiger partial charge in [0, 0.05) is 42.6 Å². The van der Waals surface area contributed by atoms with Crippen LogP contribution in [0.2, 0.25) is 0 Å². The van der Waals surface area contributed by atoms with Crippen LogP contribution in [-0.2, 0) is 4.74 Å². The fraction of sp³-hybridized carbons (Fsp3) is 0.696. The standard InChI is InChI=1S/C23H35N3O2/c1-23(2,3)28-22(27)26-20-10-11-21(26)16-18(15-20)24-17-8-7-9-19(14-17)25-12-5-4-6-13-25/h7-9,14,18,20-21,24H,4-6,10-13,15-16H2,1-3H3/t20-,21-/m0/s1. The van der Waals surface area contributed by atoms with Gasteiger partial charge in [0.15, 0.2) is 0 Å². The van der Waals surface area contributed by atoms with Crippen molar-refractivity contribution in [3.8, 4) is 0 Å². The van der Waals surface area contributed by atoms with E-state index in [4.69, 9.17) is 4.74 Å². The van der Waals surface area contributed by atoms with Gasteiger partial charge in [-0.15, -0.1) is 0 Å². The van der Waals surface area contributed by atoms with Crippen LogP contribution in [0.1, 0.15) is 65.7 Å². The molecule has 3 heterocycles. The van der Waals surface area contributed by atoms with E-state index in [0.717, 1.165) is 25.7 Å². The first kappa shape index (κ1) is 19.4. The first-order chi connectivity index (χ1) is 13.4. The summed E-state index contributed by atoms with van der Waals surface area (Å²) in [6.45, 7) is 8.16. The van der Waals surface area contributed by atoms with Crippen LogP contribution < -0.4 is 10.2 Å². The largest absolute Gasteiger partial charge is 0.444 e. The maximum Gasteiger partial charge on any atom is 0.410 e. The van der Waals surface area contributed by atoms with E-state index in [9.17, 15) is 4.79 Å². The highest BCUT2D eigenvalue weighted by Crippen LogP contribution is 2.38. The third-order valence-electron chi connectivity index (χ3n) is 6.28. The van der Waals surface area contributed by atoms with Crippen molar-refractivity contribution in [2.45, 2.75) is 89.4 Å². The number of carbonyl (C=O) groups excluding carboxylic acids is 1. The topological polar surface area (TPSA) is 44.8 Å². The summed E-state index contributed by atoms with van der Waals surface area (Å²) in [6, 6.07) is 9.89. The Hall–Kier alpha value is -1.91. The lowest BCUT2D eigenvalue weighted by Gasteiger charge is -2.40. The highest BCUT2D eigenvalue weighted by atomic mass is 16.6. The fourth-order valence-corrected chi connectivity index (χ4v) is 5.09. The maximum atomic E-state index is 12.6. The molecule has 5 heteroatoms. The highest BCUT2D eigenvalue weighted by molar-refractivity contribution is 5.70. The minimum Gasteiger partial charge on any atom is -0.444 e. The van der Waals surface area contributed by atoms with Gasteiger partial charge in [-0.2, -0.15) is 0 Å². The second-order valence-electron chi connectivity index (χ2n) is 9.68. The number of fused-ring (bicyclic) bond motifs is 2. The molecule has 3 aliphatic rings. The predicted octanol–water partition coefficient (Wildman–Crippen LogP) is 5.02. The third-order valence-corrected chi connectivity index (χ3v) is 6.28. The summed E-state index contributed by atoms with van der Waals surface area (Å²) < 4.78 is 5.66. The Labute approximate surface area is 169 Å². The second kappa shape index (κ2) is 7.84. The molecule has 4 rings (SSSR count). The van der Waals surface area contributed by atoms with E-state index >= 15 is 0 Å². The van der Waals surface area contributed by atoms with E-state index in [1.165, 1.54) is 43.7 Å². The van der Waals surface area contributed by atoms with E-state index in [1.54, 1.807) is 0 Å². The zero-order chi connectivity index (χ0) is 19.7. The molecule has 3 fully saturated rings. The number of ether oxygens (including phenoxy) is 1. The van der Waals surface area contributed by atoms with Crippen LogP contribution in [0.25, 0.3) is 0 Å². The minimum absolute atomic E-state index is 0.134. The molecular weight excluding hydrogens is 350 g/mol. The summed E-state index contributed by atoms with van der Waals surface area (Å²) in [5.41, 5.74) is 2.11. The zero-order valence-corrected chi connectivity index (χ0v) is 17.6. The Morgan fingerprint density at radius 3 is 2.39 bits per heavy atom. The first-order valence-electron chi connectivity index (χ1n) is 11.0. The summed E-state index contributed by atoms with van der Waals surface area (Å²) in [5.74, 6) is 0. The molecule has 2 atom stereocenters. The van der Waals surface area contributed by atoms with Crippen molar-refractivity contribution >= 4 is 17.5 Å². The quantitative estimate of drug-likeness (QED) is 0.793. The summed E-state index contributed by atoms with van der Waals surface area (Å²) in [4.78, 5) is 17.2. The summed E-state index contributed by atoms with van der Waals surface area (Å²) in [7, 11) is 0. The van der Waals surface area contributed by atoms with Gasteiger partial charge in [0.25, 0.3) is 0 Å². The van der Waals surface area contributed by atoms with Gasteiger partial charge in [-0.1, -0.05) is 6.07 Å². The normalized spacial score (nSPS) is 27.6. The van der Waals surface area contributed by atoms with Crippen molar-refractivity contribution in [3.63, 3.8) is 0 Å². The van der Waals surface area contributed by atoms with E-state index in [1.807, 2.05) is 25.7 Å². The molecule has 0 aromatic heterocycles. The van der Waals surface area contributed by atoms with Gasteiger partial charge in [-0.05, 0) is 83.9 Å². The van der Waals surface area contributed by atoms with Crippen molar-refractivity contribution in [3.05, 3.63) is 24.3 Å². The van der Waals surface area contributed by atoms with Crippen LogP contribution in [0.15, 0.2) is 24.3 Å². The third kappa shape index (κ3) is 4.39. The molecule has 1 amide bonds.